The molecule has 0 heterocycles. The molecular weight excluding hydrogens is 344 g/mol. The number of hydrogen-bond donors (Lipinski definition) is 0. The second-order valence-corrected chi connectivity index (χ2v) is 5.72. The number of hydrogen-bond acceptors (Lipinski definition) is 5. The molecule has 0 amide bonds. The van der Waals surface area contributed by atoms with Crippen LogP contribution >= 0.6 is 0 Å². The molecule has 0 N–H and O–H groups in total. The minimum Gasteiger partial charge on any atom is -0.485 e. The lowest BCUT2D eigenvalue weighted by Crippen LogP contribution is -2.03. The molecule has 136 valence electrons. The summed E-state index contributed by atoms with van der Waals surface area (Å²) in [7, 11) is 1.32. The van der Waals surface area contributed by atoms with E-state index < -0.39 is 5.97 Å². The highest BCUT2D eigenvalue weighted by Gasteiger charge is 2.13. The van der Waals surface area contributed by atoms with Gasteiger partial charge < -0.3 is 14.2 Å². The van der Waals surface area contributed by atoms with Crippen molar-refractivity contribution in [1.82, 2.24) is 0 Å². The third kappa shape index (κ3) is 4.73. The summed E-state index contributed by atoms with van der Waals surface area (Å²) in [6.45, 7) is 0.360. The molecule has 0 spiro atoms. The highest BCUT2D eigenvalue weighted by Crippen LogP contribution is 2.33. The largest absolute Gasteiger partial charge is 0.485 e. The predicted octanol–water partition coefficient (Wildman–Crippen LogP) is 4.66. The number of carbonyl (C=O) groups is 2. The third-order valence-corrected chi connectivity index (χ3v) is 3.85. The highest BCUT2D eigenvalue weighted by atomic mass is 16.5. The van der Waals surface area contributed by atoms with Gasteiger partial charge in [-0.1, -0.05) is 30.3 Å². The molecule has 0 bridgehead atoms. The molecule has 3 aromatic carbocycles. The topological polar surface area (TPSA) is 61.8 Å². The van der Waals surface area contributed by atoms with E-state index in [2.05, 4.69) is 0 Å². The van der Waals surface area contributed by atoms with Gasteiger partial charge in [-0.3, -0.25) is 4.79 Å². The quantitative estimate of drug-likeness (QED) is 0.452. The maximum atomic E-state index is 11.8. The van der Waals surface area contributed by atoms with E-state index in [1.807, 2.05) is 30.3 Å². The predicted molar refractivity (Wildman–Crippen MR) is 100 cm³/mol. The molecular formula is C22H18O5. The zero-order valence-electron chi connectivity index (χ0n) is 14.8. The Labute approximate surface area is 157 Å². The van der Waals surface area contributed by atoms with Crippen LogP contribution in [0.3, 0.4) is 0 Å². The molecule has 0 saturated heterocycles. The summed E-state index contributed by atoms with van der Waals surface area (Å²) >= 11 is 0. The third-order valence-electron chi connectivity index (χ3n) is 3.85. The summed E-state index contributed by atoms with van der Waals surface area (Å²) in [5.41, 5.74) is 1.91. The van der Waals surface area contributed by atoms with Crippen molar-refractivity contribution in [1.29, 1.82) is 0 Å². The SMILES string of the molecule is COC(=O)c1ccc(OCc2ccccc2)c(Oc2ccc(C=O)cc2)c1. The van der Waals surface area contributed by atoms with Gasteiger partial charge in [-0.25, -0.2) is 4.79 Å². The molecule has 0 unspecified atom stereocenters. The van der Waals surface area contributed by atoms with E-state index >= 15 is 0 Å². The molecule has 5 heteroatoms. The zero-order valence-corrected chi connectivity index (χ0v) is 14.8. The van der Waals surface area contributed by atoms with Gasteiger partial charge in [-0.2, -0.15) is 0 Å². The fraction of sp³-hybridized carbons (Fsp3) is 0.0909. The van der Waals surface area contributed by atoms with Gasteiger partial charge in [0.25, 0.3) is 0 Å². The van der Waals surface area contributed by atoms with Crippen LogP contribution in [0.25, 0.3) is 0 Å². The van der Waals surface area contributed by atoms with Crippen molar-refractivity contribution in [3.8, 4) is 17.2 Å². The molecule has 3 aromatic rings. The van der Waals surface area contributed by atoms with Crippen LogP contribution in [0.2, 0.25) is 0 Å². The summed E-state index contributed by atoms with van der Waals surface area (Å²) in [4.78, 5) is 22.6. The van der Waals surface area contributed by atoms with Crippen LogP contribution in [-0.2, 0) is 11.3 Å². The van der Waals surface area contributed by atoms with Crippen molar-refractivity contribution in [3.05, 3.63) is 89.5 Å². The Balaban J connectivity index is 1.86. The molecule has 3 rings (SSSR count). The van der Waals surface area contributed by atoms with Crippen LogP contribution < -0.4 is 9.47 Å². The Hall–Kier alpha value is -3.60. The molecule has 0 aliphatic carbocycles. The summed E-state index contributed by atoms with van der Waals surface area (Å²) in [6, 6.07) is 21.2. The van der Waals surface area contributed by atoms with Gasteiger partial charge in [0.05, 0.1) is 12.7 Å². The zero-order chi connectivity index (χ0) is 19.1. The molecule has 0 atom stereocenters. The van der Waals surface area contributed by atoms with E-state index in [0.717, 1.165) is 11.8 Å². The lowest BCUT2D eigenvalue weighted by Gasteiger charge is -2.14. The van der Waals surface area contributed by atoms with E-state index in [0.29, 0.717) is 35.0 Å². The van der Waals surface area contributed by atoms with Crippen molar-refractivity contribution >= 4 is 12.3 Å². The van der Waals surface area contributed by atoms with Gasteiger partial charge in [0.2, 0.25) is 0 Å². The number of esters is 1. The van der Waals surface area contributed by atoms with E-state index in [4.69, 9.17) is 14.2 Å². The number of methoxy groups -OCH3 is 1. The Morgan fingerprint density at radius 1 is 0.926 bits per heavy atom. The van der Waals surface area contributed by atoms with Crippen molar-refractivity contribution < 1.29 is 23.8 Å². The Bertz CT molecular complexity index is 917. The second kappa shape index (κ2) is 8.67. The molecule has 0 aliphatic rings. The van der Waals surface area contributed by atoms with Crippen molar-refractivity contribution in [3.63, 3.8) is 0 Å². The average molecular weight is 362 g/mol. The van der Waals surface area contributed by atoms with E-state index in [1.165, 1.54) is 7.11 Å². The molecule has 5 nitrogen and oxygen atoms in total. The monoisotopic (exact) mass is 362 g/mol. The minimum atomic E-state index is -0.467. The van der Waals surface area contributed by atoms with Crippen LogP contribution in [0.15, 0.2) is 72.8 Å². The first-order chi connectivity index (χ1) is 13.2. The summed E-state index contributed by atoms with van der Waals surface area (Å²) < 4.78 is 16.5. The number of ether oxygens (including phenoxy) is 3. The van der Waals surface area contributed by atoms with Crippen LogP contribution in [0.4, 0.5) is 0 Å². The van der Waals surface area contributed by atoms with Crippen molar-refractivity contribution in [2.24, 2.45) is 0 Å². The summed E-state index contributed by atoms with van der Waals surface area (Å²) in [5, 5.41) is 0. The number of rotatable bonds is 7. The van der Waals surface area contributed by atoms with E-state index in [-0.39, 0.29) is 0 Å². The van der Waals surface area contributed by atoms with Crippen LogP contribution in [0.5, 0.6) is 17.2 Å². The van der Waals surface area contributed by atoms with Gasteiger partial charge in [-0.05, 0) is 48.0 Å². The first-order valence-corrected chi connectivity index (χ1v) is 8.32. The van der Waals surface area contributed by atoms with Crippen LogP contribution in [-0.4, -0.2) is 19.4 Å². The van der Waals surface area contributed by atoms with Gasteiger partial charge in [0, 0.05) is 5.56 Å². The normalized spacial score (nSPS) is 10.1. The number of benzene rings is 3. The summed E-state index contributed by atoms with van der Waals surface area (Å²) in [6.07, 6.45) is 0.760. The number of aldehydes is 1. The lowest BCUT2D eigenvalue weighted by molar-refractivity contribution is 0.0600. The molecule has 0 aromatic heterocycles. The first kappa shape index (κ1) is 18.2. The Morgan fingerprint density at radius 2 is 1.67 bits per heavy atom. The van der Waals surface area contributed by atoms with Gasteiger partial charge in [0.15, 0.2) is 11.5 Å². The fourth-order valence-electron chi connectivity index (χ4n) is 2.43. The Morgan fingerprint density at radius 3 is 2.33 bits per heavy atom. The first-order valence-electron chi connectivity index (χ1n) is 8.32. The van der Waals surface area contributed by atoms with Gasteiger partial charge in [-0.15, -0.1) is 0 Å². The average Bonchev–Trinajstić information content (AvgIpc) is 2.73. The van der Waals surface area contributed by atoms with Crippen molar-refractivity contribution in [2.75, 3.05) is 7.11 Å². The molecule has 0 saturated carbocycles. The van der Waals surface area contributed by atoms with Gasteiger partial charge in [0.1, 0.15) is 18.6 Å². The molecule has 27 heavy (non-hydrogen) atoms. The van der Waals surface area contributed by atoms with Crippen molar-refractivity contribution in [2.45, 2.75) is 6.61 Å². The van der Waals surface area contributed by atoms with E-state index in [9.17, 15) is 9.59 Å². The molecule has 0 aliphatic heterocycles. The van der Waals surface area contributed by atoms with E-state index in [1.54, 1.807) is 42.5 Å². The second-order valence-electron chi connectivity index (χ2n) is 5.72. The number of carbonyl (C=O) groups excluding carboxylic acids is 2. The smallest absolute Gasteiger partial charge is 0.337 e. The maximum Gasteiger partial charge on any atom is 0.337 e. The summed E-state index contributed by atoms with van der Waals surface area (Å²) in [5.74, 6) is 0.927. The molecule has 0 fully saturated rings. The van der Waals surface area contributed by atoms with Crippen LogP contribution in [0, 0.1) is 0 Å². The maximum absolute atomic E-state index is 11.8. The standard InChI is InChI=1S/C22H18O5/c1-25-22(24)18-9-12-20(26-15-17-5-3-2-4-6-17)21(13-18)27-19-10-7-16(14-23)8-11-19/h2-14H,15H2,1H3. The highest BCUT2D eigenvalue weighted by molar-refractivity contribution is 5.90. The molecule has 0 radical (unpaired) electrons. The minimum absolute atomic E-state index is 0.351. The van der Waals surface area contributed by atoms with Gasteiger partial charge >= 0.3 is 5.97 Å². The Kier molecular flexibility index (Phi) is 5.84. The van der Waals surface area contributed by atoms with Crippen LogP contribution in [0.1, 0.15) is 26.3 Å². The fourth-order valence-corrected chi connectivity index (χ4v) is 2.43. The lowest BCUT2D eigenvalue weighted by atomic mass is 10.2.